The predicted molar refractivity (Wildman–Crippen MR) is 85.0 cm³/mol. The number of nitrogens with zero attached hydrogens (tertiary/aromatic N) is 2. The molecule has 1 fully saturated rings. The maximum atomic E-state index is 5.64. The monoisotopic (exact) mass is 290 g/mol. The number of anilines is 1. The first-order chi connectivity index (χ1) is 9.71. The molecule has 108 valence electrons. The average Bonchev–Trinajstić information content (AvgIpc) is 2.86. The lowest BCUT2D eigenvalue weighted by molar-refractivity contribution is 0.308. The number of thiophene rings is 1. The van der Waals surface area contributed by atoms with Crippen molar-refractivity contribution in [3.8, 4) is 0 Å². The number of hydrazine groups is 1. The number of rotatable bonds is 3. The Hall–Kier alpha value is -1.20. The Labute approximate surface area is 123 Å². The normalized spacial score (nSPS) is 23.1. The van der Waals surface area contributed by atoms with E-state index in [9.17, 15) is 0 Å². The minimum atomic E-state index is 0.493. The van der Waals surface area contributed by atoms with Gasteiger partial charge in [0, 0.05) is 10.8 Å². The lowest BCUT2D eigenvalue weighted by Crippen LogP contribution is -2.17. The number of aryl methyl sites for hydroxylation is 1. The van der Waals surface area contributed by atoms with Crippen LogP contribution in [0.4, 0.5) is 5.82 Å². The fraction of sp³-hybridized carbons (Fsp3) is 0.600. The van der Waals surface area contributed by atoms with Gasteiger partial charge in [0.15, 0.2) is 5.82 Å². The van der Waals surface area contributed by atoms with E-state index in [1.54, 1.807) is 11.3 Å². The van der Waals surface area contributed by atoms with E-state index >= 15 is 0 Å². The van der Waals surface area contributed by atoms with Crippen LogP contribution in [-0.4, -0.2) is 9.97 Å². The molecule has 1 aliphatic carbocycles. The molecule has 1 aliphatic rings. The maximum Gasteiger partial charge on any atom is 0.152 e. The minimum absolute atomic E-state index is 0.493. The van der Waals surface area contributed by atoms with E-state index in [-0.39, 0.29) is 0 Å². The zero-order valence-electron chi connectivity index (χ0n) is 12.1. The summed E-state index contributed by atoms with van der Waals surface area (Å²) in [6, 6.07) is 2.11. The number of nitrogens with one attached hydrogen (secondary N) is 1. The van der Waals surface area contributed by atoms with E-state index in [4.69, 9.17) is 10.8 Å². The molecule has 0 amide bonds. The number of hydrogen-bond acceptors (Lipinski definition) is 5. The van der Waals surface area contributed by atoms with Gasteiger partial charge >= 0.3 is 0 Å². The summed E-state index contributed by atoms with van der Waals surface area (Å²) in [6.45, 7) is 4.38. The van der Waals surface area contributed by atoms with Crippen LogP contribution in [0, 0.1) is 12.8 Å². The van der Waals surface area contributed by atoms with Crippen molar-refractivity contribution in [3.63, 3.8) is 0 Å². The molecule has 2 aromatic heterocycles. The van der Waals surface area contributed by atoms with Gasteiger partial charge in [0.1, 0.15) is 10.7 Å². The number of fused-ring (bicyclic) bond motifs is 1. The molecule has 20 heavy (non-hydrogen) atoms. The average molecular weight is 290 g/mol. The van der Waals surface area contributed by atoms with Crippen LogP contribution in [0.1, 0.15) is 55.6 Å². The van der Waals surface area contributed by atoms with Gasteiger partial charge in [-0.3, -0.25) is 0 Å². The molecule has 2 atom stereocenters. The zero-order chi connectivity index (χ0) is 14.1. The topological polar surface area (TPSA) is 63.8 Å². The summed E-state index contributed by atoms with van der Waals surface area (Å²) >= 11 is 1.72. The zero-order valence-corrected chi connectivity index (χ0v) is 13.0. The first-order valence-corrected chi connectivity index (χ1v) is 8.27. The van der Waals surface area contributed by atoms with Crippen molar-refractivity contribution in [1.29, 1.82) is 0 Å². The lowest BCUT2D eigenvalue weighted by atomic mass is 9.80. The highest BCUT2D eigenvalue weighted by molar-refractivity contribution is 7.18. The second-order valence-corrected chi connectivity index (χ2v) is 7.02. The van der Waals surface area contributed by atoms with Crippen LogP contribution in [0.15, 0.2) is 6.07 Å². The van der Waals surface area contributed by atoms with E-state index in [0.717, 1.165) is 27.8 Å². The molecule has 0 aromatic carbocycles. The van der Waals surface area contributed by atoms with Crippen molar-refractivity contribution >= 4 is 27.4 Å². The summed E-state index contributed by atoms with van der Waals surface area (Å²) in [5.74, 6) is 8.71. The summed E-state index contributed by atoms with van der Waals surface area (Å²) in [5.41, 5.74) is 2.74. The number of nitrogen functional groups attached to an aromatic ring is 1. The van der Waals surface area contributed by atoms with Gasteiger partial charge in [0.05, 0.1) is 5.39 Å². The van der Waals surface area contributed by atoms with Crippen LogP contribution in [0.25, 0.3) is 10.2 Å². The van der Waals surface area contributed by atoms with E-state index < -0.39 is 0 Å². The molecule has 0 radical (unpaired) electrons. The molecule has 0 spiro atoms. The van der Waals surface area contributed by atoms with Gasteiger partial charge in [0.2, 0.25) is 0 Å². The van der Waals surface area contributed by atoms with Crippen molar-refractivity contribution in [3.05, 3.63) is 16.8 Å². The molecule has 2 heterocycles. The quantitative estimate of drug-likeness (QED) is 0.663. The maximum absolute atomic E-state index is 5.64. The molecule has 0 saturated heterocycles. The second-order valence-electron chi connectivity index (χ2n) is 5.79. The van der Waals surface area contributed by atoms with Gasteiger partial charge in [-0.05, 0) is 31.7 Å². The van der Waals surface area contributed by atoms with Gasteiger partial charge in [-0.25, -0.2) is 15.8 Å². The molecule has 2 aromatic rings. The molecule has 3 N–H and O–H groups in total. The van der Waals surface area contributed by atoms with Gasteiger partial charge in [-0.1, -0.05) is 26.2 Å². The Morgan fingerprint density at radius 1 is 1.40 bits per heavy atom. The van der Waals surface area contributed by atoms with Crippen LogP contribution in [0.2, 0.25) is 0 Å². The third kappa shape index (κ3) is 2.52. The van der Waals surface area contributed by atoms with Gasteiger partial charge in [0.25, 0.3) is 0 Å². The van der Waals surface area contributed by atoms with Crippen LogP contribution in [0.5, 0.6) is 0 Å². The molecule has 1 saturated carbocycles. The summed E-state index contributed by atoms with van der Waals surface area (Å²) in [6.07, 6.45) is 6.33. The lowest BCUT2D eigenvalue weighted by Gasteiger charge is -2.27. The molecule has 0 aliphatic heterocycles. The summed E-state index contributed by atoms with van der Waals surface area (Å²) in [4.78, 5) is 11.8. The second kappa shape index (κ2) is 5.66. The van der Waals surface area contributed by atoms with E-state index in [1.165, 1.54) is 37.0 Å². The Bertz CT molecular complexity index is 607. The molecule has 5 heteroatoms. The first-order valence-electron chi connectivity index (χ1n) is 7.46. The fourth-order valence-electron chi connectivity index (χ4n) is 3.25. The summed E-state index contributed by atoms with van der Waals surface area (Å²) in [5, 5.41) is 1.04. The van der Waals surface area contributed by atoms with Crippen LogP contribution in [-0.2, 0) is 0 Å². The van der Waals surface area contributed by atoms with E-state index in [2.05, 4.69) is 30.3 Å². The number of hydrogen-bond donors (Lipinski definition) is 2. The number of nitrogens with two attached hydrogens (primary N) is 1. The number of aromatic nitrogens is 2. The molecular weight excluding hydrogens is 268 g/mol. The van der Waals surface area contributed by atoms with Gasteiger partial charge in [-0.2, -0.15) is 0 Å². The smallest absolute Gasteiger partial charge is 0.152 e. The van der Waals surface area contributed by atoms with E-state index in [0.29, 0.717) is 5.92 Å². The van der Waals surface area contributed by atoms with Crippen molar-refractivity contribution in [2.24, 2.45) is 11.8 Å². The molecule has 0 bridgehead atoms. The van der Waals surface area contributed by atoms with Crippen molar-refractivity contribution in [2.75, 3.05) is 5.43 Å². The highest BCUT2D eigenvalue weighted by Crippen LogP contribution is 2.38. The molecule has 3 rings (SSSR count). The van der Waals surface area contributed by atoms with Crippen molar-refractivity contribution in [1.82, 2.24) is 9.97 Å². The molecular formula is C15H22N4S. The largest absolute Gasteiger partial charge is 0.308 e. The van der Waals surface area contributed by atoms with E-state index in [1.807, 2.05) is 0 Å². The van der Waals surface area contributed by atoms with Crippen molar-refractivity contribution in [2.45, 2.75) is 51.9 Å². The molecule has 2 unspecified atom stereocenters. The van der Waals surface area contributed by atoms with Crippen LogP contribution in [0.3, 0.4) is 0 Å². The van der Waals surface area contributed by atoms with Crippen LogP contribution < -0.4 is 11.3 Å². The van der Waals surface area contributed by atoms with Crippen molar-refractivity contribution < 1.29 is 0 Å². The Morgan fingerprint density at radius 2 is 2.25 bits per heavy atom. The third-order valence-electron chi connectivity index (χ3n) is 4.40. The Morgan fingerprint density at radius 3 is 3.00 bits per heavy atom. The highest BCUT2D eigenvalue weighted by atomic mass is 32.1. The first kappa shape index (κ1) is 13.8. The predicted octanol–water partition coefficient (Wildman–Crippen LogP) is 3.97. The molecule has 4 nitrogen and oxygen atoms in total. The minimum Gasteiger partial charge on any atom is -0.308 e. The summed E-state index contributed by atoms with van der Waals surface area (Å²) in [7, 11) is 0. The Balaban J connectivity index is 1.98. The fourth-order valence-corrected chi connectivity index (χ4v) is 4.13. The van der Waals surface area contributed by atoms with Gasteiger partial charge < -0.3 is 5.43 Å². The highest BCUT2D eigenvalue weighted by Gasteiger charge is 2.25. The third-order valence-corrected chi connectivity index (χ3v) is 5.34. The van der Waals surface area contributed by atoms with Gasteiger partial charge in [-0.15, -0.1) is 11.3 Å². The standard InChI is InChI=1S/C15H22N4S/c1-3-10-5-4-6-11(8-10)13-17-14(19-16)12-7-9(2)20-15(12)18-13/h7,10-11H,3-6,8,16H2,1-2H3,(H,17,18,19). The Kier molecular flexibility index (Phi) is 3.89. The van der Waals surface area contributed by atoms with Crippen LogP contribution >= 0.6 is 11.3 Å². The SMILES string of the molecule is CCC1CCCC(c2nc(NN)c3cc(C)sc3n2)C1. The summed E-state index contributed by atoms with van der Waals surface area (Å²) < 4.78 is 0.